The topological polar surface area (TPSA) is 126 Å². The molecule has 162 valence electrons. The molecule has 0 saturated heterocycles. The molecular formula is C20H19ClN4O5S. The summed E-state index contributed by atoms with van der Waals surface area (Å²) in [4.78, 5) is 23.9. The molecule has 0 spiro atoms. The number of thiocarbonyl (C=S) groups is 1. The number of hydrogen-bond donors (Lipinski definition) is 4. The van der Waals surface area contributed by atoms with Crippen LogP contribution < -0.4 is 20.7 Å². The molecular weight excluding hydrogens is 444 g/mol. The SMILES string of the molecule is CCOc1cc(C2NC(=S)NC(C)=C2C(=O)Nc2ccccc2Cl)cc([N+](=O)[O-])c1O. The average molecular weight is 463 g/mol. The zero-order valence-corrected chi connectivity index (χ0v) is 18.1. The number of aromatic hydroxyl groups is 1. The quantitative estimate of drug-likeness (QED) is 0.290. The molecule has 0 aliphatic carbocycles. The number of para-hydroxylation sites is 1. The Kier molecular flexibility index (Phi) is 6.62. The third kappa shape index (κ3) is 4.70. The molecule has 1 aliphatic heterocycles. The Morgan fingerprint density at radius 2 is 2.10 bits per heavy atom. The number of nitrogens with zero attached hydrogens (tertiary/aromatic N) is 1. The van der Waals surface area contributed by atoms with Gasteiger partial charge in [-0.3, -0.25) is 14.9 Å². The van der Waals surface area contributed by atoms with Crippen molar-refractivity contribution >= 4 is 46.2 Å². The van der Waals surface area contributed by atoms with E-state index in [1.807, 2.05) is 0 Å². The maximum absolute atomic E-state index is 13.2. The Hall–Kier alpha value is -3.37. The van der Waals surface area contributed by atoms with Crippen molar-refractivity contribution in [2.24, 2.45) is 0 Å². The molecule has 1 atom stereocenters. The second-order valence-corrected chi connectivity index (χ2v) is 7.40. The van der Waals surface area contributed by atoms with Crippen LogP contribution in [0, 0.1) is 10.1 Å². The fraction of sp³-hybridized carbons (Fsp3) is 0.200. The smallest absolute Gasteiger partial charge is 0.315 e. The van der Waals surface area contributed by atoms with Crippen LogP contribution >= 0.6 is 23.8 Å². The largest absolute Gasteiger partial charge is 0.500 e. The van der Waals surface area contributed by atoms with Crippen molar-refractivity contribution in [1.29, 1.82) is 0 Å². The number of carbonyl (C=O) groups excluding carboxylic acids is 1. The Balaban J connectivity index is 2.08. The number of rotatable bonds is 6. The summed E-state index contributed by atoms with van der Waals surface area (Å²) in [6.07, 6.45) is 0. The summed E-state index contributed by atoms with van der Waals surface area (Å²) in [5, 5.41) is 30.8. The zero-order valence-electron chi connectivity index (χ0n) is 16.6. The number of halogens is 1. The van der Waals surface area contributed by atoms with E-state index in [0.717, 1.165) is 0 Å². The molecule has 1 aliphatic rings. The van der Waals surface area contributed by atoms with E-state index < -0.39 is 28.3 Å². The van der Waals surface area contributed by atoms with E-state index >= 15 is 0 Å². The molecule has 0 fully saturated rings. The molecule has 1 heterocycles. The summed E-state index contributed by atoms with van der Waals surface area (Å²) in [6, 6.07) is 8.53. The maximum Gasteiger partial charge on any atom is 0.315 e. The first-order chi connectivity index (χ1) is 14.7. The summed E-state index contributed by atoms with van der Waals surface area (Å²) >= 11 is 11.4. The van der Waals surface area contributed by atoms with Crippen molar-refractivity contribution in [3.05, 3.63) is 68.4 Å². The molecule has 0 radical (unpaired) electrons. The van der Waals surface area contributed by atoms with Crippen LogP contribution in [0.2, 0.25) is 5.02 Å². The minimum atomic E-state index is -0.838. The fourth-order valence-electron chi connectivity index (χ4n) is 3.18. The van der Waals surface area contributed by atoms with Gasteiger partial charge in [0.1, 0.15) is 0 Å². The van der Waals surface area contributed by atoms with Crippen LogP contribution in [0.25, 0.3) is 0 Å². The lowest BCUT2D eigenvalue weighted by Gasteiger charge is -2.30. The van der Waals surface area contributed by atoms with E-state index in [-0.39, 0.29) is 23.0 Å². The normalized spacial score (nSPS) is 15.7. The van der Waals surface area contributed by atoms with Crippen LogP contribution in [0.5, 0.6) is 11.5 Å². The maximum atomic E-state index is 13.2. The summed E-state index contributed by atoms with van der Waals surface area (Å²) in [6.45, 7) is 3.53. The summed E-state index contributed by atoms with van der Waals surface area (Å²) in [5.74, 6) is -1.14. The number of carbonyl (C=O) groups is 1. The van der Waals surface area contributed by atoms with Gasteiger partial charge in [0.2, 0.25) is 5.75 Å². The Bertz CT molecular complexity index is 1100. The summed E-state index contributed by atoms with van der Waals surface area (Å²) < 4.78 is 5.35. The van der Waals surface area contributed by atoms with Crippen molar-refractivity contribution in [2.75, 3.05) is 11.9 Å². The van der Waals surface area contributed by atoms with Gasteiger partial charge in [-0.15, -0.1) is 0 Å². The number of benzene rings is 2. The van der Waals surface area contributed by atoms with Gasteiger partial charge in [0, 0.05) is 11.8 Å². The first-order valence-electron chi connectivity index (χ1n) is 9.21. The van der Waals surface area contributed by atoms with Gasteiger partial charge in [-0.05, 0) is 49.8 Å². The van der Waals surface area contributed by atoms with Gasteiger partial charge in [-0.2, -0.15) is 0 Å². The highest BCUT2D eigenvalue weighted by Crippen LogP contribution is 2.41. The van der Waals surface area contributed by atoms with E-state index in [1.165, 1.54) is 12.1 Å². The lowest BCUT2D eigenvalue weighted by molar-refractivity contribution is -0.386. The first kappa shape index (κ1) is 22.3. The number of anilines is 1. The van der Waals surface area contributed by atoms with Crippen molar-refractivity contribution < 1.29 is 19.6 Å². The van der Waals surface area contributed by atoms with Crippen molar-refractivity contribution in [3.63, 3.8) is 0 Å². The molecule has 1 amide bonds. The second kappa shape index (κ2) is 9.19. The Labute approximate surface area is 188 Å². The monoisotopic (exact) mass is 462 g/mol. The van der Waals surface area contributed by atoms with E-state index in [0.29, 0.717) is 22.0 Å². The number of allylic oxidation sites excluding steroid dienone is 1. The van der Waals surface area contributed by atoms with Crippen molar-refractivity contribution in [3.8, 4) is 11.5 Å². The lowest BCUT2D eigenvalue weighted by atomic mass is 9.94. The molecule has 0 bridgehead atoms. The molecule has 11 heteroatoms. The highest BCUT2D eigenvalue weighted by Gasteiger charge is 2.33. The number of hydrogen-bond acceptors (Lipinski definition) is 6. The van der Waals surface area contributed by atoms with E-state index in [9.17, 15) is 20.0 Å². The number of nitro groups is 1. The molecule has 31 heavy (non-hydrogen) atoms. The van der Waals surface area contributed by atoms with E-state index in [2.05, 4.69) is 16.0 Å². The van der Waals surface area contributed by atoms with Crippen LogP contribution in [0.1, 0.15) is 25.5 Å². The van der Waals surface area contributed by atoms with Gasteiger partial charge in [0.15, 0.2) is 10.9 Å². The third-order valence-corrected chi connectivity index (χ3v) is 5.09. The van der Waals surface area contributed by atoms with Crippen molar-refractivity contribution in [2.45, 2.75) is 19.9 Å². The van der Waals surface area contributed by atoms with Crippen LogP contribution in [0.4, 0.5) is 11.4 Å². The number of nitrogens with one attached hydrogen (secondary N) is 3. The molecule has 9 nitrogen and oxygen atoms in total. The molecule has 0 saturated carbocycles. The third-order valence-electron chi connectivity index (χ3n) is 4.54. The standard InChI is InChI=1S/C20H19ClN4O5S/c1-3-30-15-9-11(8-14(18(15)26)25(28)29)17-16(10(2)22-20(31)24-17)19(27)23-13-7-5-4-6-12(13)21/h4-9,17,26H,3H2,1-2H3,(H,23,27)(H2,22,24,31). The van der Waals surface area contributed by atoms with Crippen LogP contribution in [-0.4, -0.2) is 27.7 Å². The fourth-order valence-corrected chi connectivity index (χ4v) is 3.64. The second-order valence-electron chi connectivity index (χ2n) is 6.58. The van der Waals surface area contributed by atoms with Gasteiger partial charge in [-0.1, -0.05) is 23.7 Å². The zero-order chi connectivity index (χ0) is 22.7. The molecule has 2 aromatic rings. The molecule has 0 aromatic heterocycles. The van der Waals surface area contributed by atoms with Gasteiger partial charge in [0.25, 0.3) is 5.91 Å². The van der Waals surface area contributed by atoms with Gasteiger partial charge < -0.3 is 25.8 Å². The van der Waals surface area contributed by atoms with Crippen LogP contribution in [-0.2, 0) is 4.79 Å². The minimum absolute atomic E-state index is 0.0681. The predicted octanol–water partition coefficient (Wildman–Crippen LogP) is 3.78. The molecule has 4 N–H and O–H groups in total. The molecule has 2 aromatic carbocycles. The van der Waals surface area contributed by atoms with Crippen LogP contribution in [0.3, 0.4) is 0 Å². The summed E-state index contributed by atoms with van der Waals surface area (Å²) in [7, 11) is 0. The average Bonchev–Trinajstić information content (AvgIpc) is 2.70. The lowest BCUT2D eigenvalue weighted by Crippen LogP contribution is -2.45. The number of ether oxygens (including phenoxy) is 1. The van der Waals surface area contributed by atoms with Crippen molar-refractivity contribution in [1.82, 2.24) is 10.6 Å². The minimum Gasteiger partial charge on any atom is -0.500 e. The Morgan fingerprint density at radius 1 is 1.39 bits per heavy atom. The van der Waals surface area contributed by atoms with Crippen LogP contribution in [0.15, 0.2) is 47.7 Å². The van der Waals surface area contributed by atoms with Gasteiger partial charge >= 0.3 is 5.69 Å². The predicted molar refractivity (Wildman–Crippen MR) is 120 cm³/mol. The van der Waals surface area contributed by atoms with E-state index in [1.54, 1.807) is 38.1 Å². The number of amides is 1. The summed E-state index contributed by atoms with van der Waals surface area (Å²) in [5.41, 5.74) is 0.896. The Morgan fingerprint density at radius 3 is 2.74 bits per heavy atom. The number of phenolic OH excluding ortho intramolecular Hbond substituents is 1. The molecule has 3 rings (SSSR count). The number of phenols is 1. The molecule has 1 unspecified atom stereocenters. The highest BCUT2D eigenvalue weighted by molar-refractivity contribution is 7.80. The highest BCUT2D eigenvalue weighted by atomic mass is 35.5. The number of nitro benzene ring substituents is 1. The van der Waals surface area contributed by atoms with Gasteiger partial charge in [-0.25, -0.2) is 0 Å². The van der Waals surface area contributed by atoms with E-state index in [4.69, 9.17) is 28.6 Å². The van der Waals surface area contributed by atoms with Gasteiger partial charge in [0.05, 0.1) is 33.9 Å². The first-order valence-corrected chi connectivity index (χ1v) is 9.99.